The summed E-state index contributed by atoms with van der Waals surface area (Å²) in [5.41, 5.74) is 1.53. The molecule has 9 nitrogen and oxygen atoms in total. The maximum Gasteiger partial charge on any atom is 0.321 e. The molecule has 0 fully saturated rings. The van der Waals surface area contributed by atoms with Crippen LogP contribution in [0.25, 0.3) is 6.08 Å². The van der Waals surface area contributed by atoms with Crippen molar-refractivity contribution in [1.82, 2.24) is 10.6 Å². The first-order valence-electron chi connectivity index (χ1n) is 9.52. The molecule has 0 saturated heterocycles. The molecule has 0 spiro atoms. The summed E-state index contributed by atoms with van der Waals surface area (Å²) in [5.74, 6) is 0.316. The molecule has 3 rings (SSSR count). The Kier molecular flexibility index (Phi) is 7.50. The average molecular weight is 455 g/mol. The van der Waals surface area contributed by atoms with E-state index in [0.29, 0.717) is 22.4 Å². The van der Waals surface area contributed by atoms with Crippen LogP contribution in [0.4, 0.5) is 10.5 Å². The number of anilines is 1. The minimum absolute atomic E-state index is 0.101. The van der Waals surface area contributed by atoms with Gasteiger partial charge < -0.3 is 14.8 Å². The Hall–Kier alpha value is -3.79. The maximum absolute atomic E-state index is 13.2. The summed E-state index contributed by atoms with van der Waals surface area (Å²) in [4.78, 5) is 42.5. The fourth-order valence-electron chi connectivity index (χ4n) is 2.78. The summed E-state index contributed by atoms with van der Waals surface area (Å²) in [7, 11) is 4.52. The molecule has 2 N–H and O–H groups in total. The Morgan fingerprint density at radius 3 is 2.47 bits per heavy atom. The van der Waals surface area contributed by atoms with Crippen LogP contribution in [0.2, 0.25) is 0 Å². The van der Waals surface area contributed by atoms with Gasteiger partial charge in [-0.05, 0) is 35.9 Å². The third-order valence-electron chi connectivity index (χ3n) is 4.37. The second kappa shape index (κ2) is 10.5. The number of urea groups is 1. The molecule has 0 unspecified atom stereocenters. The number of imide groups is 1. The Labute approximate surface area is 189 Å². The Morgan fingerprint density at radius 2 is 1.81 bits per heavy atom. The van der Waals surface area contributed by atoms with E-state index in [4.69, 9.17) is 9.47 Å². The molecule has 2 aromatic rings. The van der Waals surface area contributed by atoms with Gasteiger partial charge in [0.2, 0.25) is 5.91 Å². The number of rotatable bonds is 6. The molecule has 1 aliphatic heterocycles. The molecule has 1 heterocycles. The molecule has 0 aromatic heterocycles. The summed E-state index contributed by atoms with van der Waals surface area (Å²) in [6.07, 6.45) is 1.66. The lowest BCUT2D eigenvalue weighted by Crippen LogP contribution is -2.39. The van der Waals surface area contributed by atoms with Crippen molar-refractivity contribution < 1.29 is 23.9 Å². The van der Waals surface area contributed by atoms with Gasteiger partial charge in [-0.15, -0.1) is 0 Å². The topological polar surface area (TPSA) is 109 Å². The first-order chi connectivity index (χ1) is 15.4. The van der Waals surface area contributed by atoms with Gasteiger partial charge in [0.25, 0.3) is 5.91 Å². The lowest BCUT2D eigenvalue weighted by Gasteiger charge is -2.18. The molecule has 10 heteroatoms. The zero-order valence-electron chi connectivity index (χ0n) is 17.7. The predicted molar refractivity (Wildman–Crippen MR) is 124 cm³/mol. The highest BCUT2D eigenvalue weighted by Crippen LogP contribution is 2.31. The first-order valence-corrected chi connectivity index (χ1v) is 10.5. The van der Waals surface area contributed by atoms with Gasteiger partial charge >= 0.3 is 6.03 Å². The normalized spacial score (nSPS) is 14.2. The van der Waals surface area contributed by atoms with Crippen LogP contribution in [0.5, 0.6) is 11.5 Å². The van der Waals surface area contributed by atoms with Crippen molar-refractivity contribution in [3.63, 3.8) is 0 Å². The summed E-state index contributed by atoms with van der Waals surface area (Å²) in [5, 5.41) is 4.81. The highest BCUT2D eigenvalue weighted by molar-refractivity contribution is 8.14. The number of carbonyl (C=O) groups is 3. The number of thioether (sulfide) groups is 1. The molecule has 4 amide bonds. The van der Waals surface area contributed by atoms with Crippen molar-refractivity contribution in [3.05, 3.63) is 59.8 Å². The second-order valence-corrected chi connectivity index (χ2v) is 7.40. The smallest absolute Gasteiger partial charge is 0.321 e. The molecule has 0 radical (unpaired) electrons. The van der Waals surface area contributed by atoms with Crippen molar-refractivity contribution in [2.75, 3.05) is 31.9 Å². The van der Waals surface area contributed by atoms with E-state index in [1.807, 2.05) is 12.1 Å². The monoisotopic (exact) mass is 454 g/mol. The van der Waals surface area contributed by atoms with E-state index in [9.17, 15) is 14.4 Å². The van der Waals surface area contributed by atoms with Gasteiger partial charge in [0.15, 0.2) is 5.17 Å². The molecule has 0 bridgehead atoms. The van der Waals surface area contributed by atoms with Gasteiger partial charge in [-0.2, -0.15) is 0 Å². The third kappa shape index (κ3) is 5.46. The van der Waals surface area contributed by atoms with Crippen molar-refractivity contribution in [3.8, 4) is 11.5 Å². The standard InChI is InChI=1S/C22H22N4O5S/c1-23-21(29)25-19(27)13-32-22-24-18(11-14-7-9-16(30-2)10-8-14)20(28)26(22)15-5-4-6-17(12-15)31-3/h4-12H,13H2,1-3H3,(H2,23,25,27,29)/b18-11-. The number of amidine groups is 1. The molecular weight excluding hydrogens is 432 g/mol. The number of benzene rings is 2. The molecular formula is C22H22N4O5S. The summed E-state index contributed by atoms with van der Waals surface area (Å²) in [6.45, 7) is 0. The van der Waals surface area contributed by atoms with Crippen molar-refractivity contribution in [2.45, 2.75) is 0 Å². The van der Waals surface area contributed by atoms with Gasteiger partial charge in [0.1, 0.15) is 17.2 Å². The van der Waals surface area contributed by atoms with Crippen LogP contribution in [0, 0.1) is 0 Å². The van der Waals surface area contributed by atoms with Crippen LogP contribution < -0.4 is 25.0 Å². The maximum atomic E-state index is 13.2. The summed E-state index contributed by atoms with van der Waals surface area (Å²) in [6, 6.07) is 13.6. The second-order valence-electron chi connectivity index (χ2n) is 6.46. The van der Waals surface area contributed by atoms with Gasteiger partial charge in [0.05, 0.1) is 25.7 Å². The van der Waals surface area contributed by atoms with E-state index in [-0.39, 0.29) is 17.4 Å². The van der Waals surface area contributed by atoms with Crippen LogP contribution in [0.3, 0.4) is 0 Å². The number of nitrogens with one attached hydrogen (secondary N) is 2. The van der Waals surface area contributed by atoms with E-state index in [0.717, 1.165) is 17.3 Å². The van der Waals surface area contributed by atoms with Gasteiger partial charge in [-0.1, -0.05) is 30.0 Å². The first kappa shape index (κ1) is 22.9. The minimum atomic E-state index is -0.607. The number of methoxy groups -OCH3 is 2. The number of carbonyl (C=O) groups excluding carboxylic acids is 3. The number of hydrogen-bond donors (Lipinski definition) is 2. The van der Waals surface area contributed by atoms with E-state index in [2.05, 4.69) is 15.6 Å². The lowest BCUT2D eigenvalue weighted by atomic mass is 10.2. The predicted octanol–water partition coefficient (Wildman–Crippen LogP) is 2.64. The summed E-state index contributed by atoms with van der Waals surface area (Å²) < 4.78 is 10.4. The Balaban J connectivity index is 1.90. The van der Waals surface area contributed by atoms with Crippen LogP contribution >= 0.6 is 11.8 Å². The number of aliphatic imine (C=N–C) groups is 1. The molecule has 2 aromatic carbocycles. The van der Waals surface area contributed by atoms with Gasteiger partial charge in [-0.25, -0.2) is 9.79 Å². The fraction of sp³-hybridized carbons (Fsp3) is 0.182. The Morgan fingerprint density at radius 1 is 1.09 bits per heavy atom. The molecule has 0 atom stereocenters. The van der Waals surface area contributed by atoms with Crippen LogP contribution in [-0.4, -0.2) is 50.0 Å². The fourth-order valence-corrected chi connectivity index (χ4v) is 3.60. The number of ether oxygens (including phenoxy) is 2. The van der Waals surface area contributed by atoms with Crippen molar-refractivity contribution in [2.24, 2.45) is 4.99 Å². The van der Waals surface area contributed by atoms with Gasteiger partial charge in [0, 0.05) is 13.1 Å². The molecule has 1 aliphatic rings. The van der Waals surface area contributed by atoms with Crippen LogP contribution in [0.1, 0.15) is 5.56 Å². The molecule has 0 saturated carbocycles. The van der Waals surface area contributed by atoms with E-state index in [1.165, 1.54) is 19.1 Å². The number of amides is 4. The van der Waals surface area contributed by atoms with Gasteiger partial charge in [-0.3, -0.25) is 19.8 Å². The zero-order chi connectivity index (χ0) is 23.1. The lowest BCUT2D eigenvalue weighted by molar-refractivity contribution is -0.117. The number of hydrogen-bond acceptors (Lipinski definition) is 7. The average Bonchev–Trinajstić information content (AvgIpc) is 3.12. The zero-order valence-corrected chi connectivity index (χ0v) is 18.6. The molecule has 166 valence electrons. The van der Waals surface area contributed by atoms with Crippen LogP contribution in [-0.2, 0) is 9.59 Å². The highest BCUT2D eigenvalue weighted by atomic mass is 32.2. The van der Waals surface area contributed by atoms with E-state index >= 15 is 0 Å². The van der Waals surface area contributed by atoms with E-state index < -0.39 is 11.9 Å². The Bertz CT molecular complexity index is 1080. The molecule has 0 aliphatic carbocycles. The quantitative estimate of drug-likeness (QED) is 0.650. The van der Waals surface area contributed by atoms with E-state index in [1.54, 1.807) is 49.6 Å². The molecule has 32 heavy (non-hydrogen) atoms. The minimum Gasteiger partial charge on any atom is -0.497 e. The number of nitrogens with zero attached hydrogens (tertiary/aromatic N) is 2. The SMILES string of the molecule is CNC(=O)NC(=O)CSC1=N/C(=C\c2ccc(OC)cc2)C(=O)N1c1cccc(OC)c1. The third-order valence-corrected chi connectivity index (χ3v) is 5.31. The van der Waals surface area contributed by atoms with Crippen LogP contribution in [0.15, 0.2) is 59.2 Å². The highest BCUT2D eigenvalue weighted by Gasteiger charge is 2.32. The van der Waals surface area contributed by atoms with Crippen molar-refractivity contribution >= 4 is 46.5 Å². The van der Waals surface area contributed by atoms with Crippen molar-refractivity contribution in [1.29, 1.82) is 0 Å². The summed E-state index contributed by atoms with van der Waals surface area (Å²) >= 11 is 1.05. The largest absolute Gasteiger partial charge is 0.497 e.